The average Bonchev–Trinajstić information content (AvgIpc) is 2.48. The van der Waals surface area contributed by atoms with Gasteiger partial charge in [-0.1, -0.05) is 43.3 Å². The van der Waals surface area contributed by atoms with Crippen LogP contribution in [0.15, 0.2) is 46.9 Å². The van der Waals surface area contributed by atoms with Crippen molar-refractivity contribution in [1.82, 2.24) is 5.32 Å². The molecule has 0 bridgehead atoms. The van der Waals surface area contributed by atoms with Gasteiger partial charge in [0.2, 0.25) is 0 Å². The summed E-state index contributed by atoms with van der Waals surface area (Å²) in [5, 5.41) is 3.20. The molecule has 2 aromatic carbocycles. The van der Waals surface area contributed by atoms with Gasteiger partial charge in [-0.15, -0.1) is 0 Å². The molecule has 0 aliphatic rings. The largest absolute Gasteiger partial charge is 0.313 e. The maximum atomic E-state index is 14.2. The summed E-state index contributed by atoms with van der Waals surface area (Å²) < 4.78 is 14.7. The lowest BCUT2D eigenvalue weighted by Gasteiger charge is -2.18. The van der Waals surface area contributed by atoms with Gasteiger partial charge < -0.3 is 5.32 Å². The van der Waals surface area contributed by atoms with Crippen molar-refractivity contribution in [3.05, 3.63) is 69.4 Å². The Morgan fingerprint density at radius 2 is 1.75 bits per heavy atom. The topological polar surface area (TPSA) is 12.0 Å². The summed E-state index contributed by atoms with van der Waals surface area (Å²) in [7, 11) is 1.87. The van der Waals surface area contributed by atoms with Crippen LogP contribution in [0.1, 0.15) is 29.7 Å². The zero-order valence-corrected chi connectivity index (χ0v) is 13.4. The van der Waals surface area contributed by atoms with Gasteiger partial charge in [-0.2, -0.15) is 0 Å². The molecule has 0 fully saturated rings. The summed E-state index contributed by atoms with van der Waals surface area (Å²) in [5.74, 6) is -0.183. The van der Waals surface area contributed by atoms with Gasteiger partial charge in [0.1, 0.15) is 5.82 Å². The first kappa shape index (κ1) is 15.2. The second-order valence-electron chi connectivity index (χ2n) is 4.86. The number of hydrogen-bond acceptors (Lipinski definition) is 1. The molecule has 0 amide bonds. The number of likely N-dealkylation sites (N-methyl/N-ethyl adjacent to an activating group) is 1. The van der Waals surface area contributed by atoms with Crippen molar-refractivity contribution < 1.29 is 4.39 Å². The first-order valence-electron chi connectivity index (χ1n) is 6.84. The Morgan fingerprint density at radius 1 is 1.10 bits per heavy atom. The van der Waals surface area contributed by atoms with E-state index in [0.717, 1.165) is 12.8 Å². The number of rotatable bonds is 5. The summed E-state index contributed by atoms with van der Waals surface area (Å²) in [5.41, 5.74) is 3.23. The average molecular weight is 336 g/mol. The van der Waals surface area contributed by atoms with Crippen molar-refractivity contribution in [3.63, 3.8) is 0 Å². The third kappa shape index (κ3) is 3.47. The van der Waals surface area contributed by atoms with E-state index in [1.165, 1.54) is 11.1 Å². The van der Waals surface area contributed by atoms with Crippen LogP contribution in [0, 0.1) is 5.82 Å². The molecule has 0 saturated heterocycles. The molecule has 1 unspecified atom stereocenters. The molecule has 3 heteroatoms. The Labute approximate surface area is 128 Å². The Bertz CT molecular complexity index is 566. The molecule has 0 heterocycles. The Balaban J connectivity index is 2.21. The van der Waals surface area contributed by atoms with E-state index in [-0.39, 0.29) is 11.9 Å². The molecule has 20 heavy (non-hydrogen) atoms. The maximum absolute atomic E-state index is 14.2. The molecule has 0 aliphatic heterocycles. The minimum absolute atomic E-state index is 0.0278. The summed E-state index contributed by atoms with van der Waals surface area (Å²) >= 11 is 3.25. The molecule has 0 radical (unpaired) electrons. The molecule has 1 nitrogen and oxygen atoms in total. The van der Waals surface area contributed by atoms with Crippen molar-refractivity contribution in [2.24, 2.45) is 0 Å². The quantitative estimate of drug-likeness (QED) is 0.838. The first-order valence-corrected chi connectivity index (χ1v) is 7.64. The van der Waals surface area contributed by atoms with Gasteiger partial charge in [0.15, 0.2) is 0 Å². The van der Waals surface area contributed by atoms with Gasteiger partial charge in [-0.05, 0) is 53.0 Å². The highest BCUT2D eigenvalue weighted by atomic mass is 79.9. The minimum atomic E-state index is -0.183. The molecule has 106 valence electrons. The number of halogens is 2. The van der Waals surface area contributed by atoms with Crippen LogP contribution in [0.4, 0.5) is 4.39 Å². The lowest BCUT2D eigenvalue weighted by molar-refractivity contribution is 0.530. The van der Waals surface area contributed by atoms with E-state index in [4.69, 9.17) is 0 Å². The minimum Gasteiger partial charge on any atom is -0.313 e. The molecular formula is C17H19BrFN. The van der Waals surface area contributed by atoms with Crippen molar-refractivity contribution in [1.29, 1.82) is 0 Å². The molecule has 2 rings (SSSR count). The van der Waals surface area contributed by atoms with Crippen LogP contribution in [0.5, 0.6) is 0 Å². The van der Waals surface area contributed by atoms with Crippen molar-refractivity contribution in [2.45, 2.75) is 25.8 Å². The lowest BCUT2D eigenvalue weighted by Crippen LogP contribution is -2.20. The summed E-state index contributed by atoms with van der Waals surface area (Å²) in [4.78, 5) is 0. The van der Waals surface area contributed by atoms with Crippen molar-refractivity contribution in [3.8, 4) is 0 Å². The first-order chi connectivity index (χ1) is 9.65. The second-order valence-corrected chi connectivity index (χ2v) is 5.71. The van der Waals surface area contributed by atoms with Gasteiger partial charge in [0.05, 0.1) is 4.47 Å². The monoisotopic (exact) mass is 335 g/mol. The van der Waals surface area contributed by atoms with Crippen LogP contribution in [-0.4, -0.2) is 7.05 Å². The molecule has 1 atom stereocenters. The fourth-order valence-electron chi connectivity index (χ4n) is 2.30. The Hall–Kier alpha value is -1.19. The Morgan fingerprint density at radius 3 is 2.35 bits per heavy atom. The third-order valence-corrected chi connectivity index (χ3v) is 4.19. The summed E-state index contributed by atoms with van der Waals surface area (Å²) in [6, 6.07) is 13.9. The highest BCUT2D eigenvalue weighted by Crippen LogP contribution is 2.26. The van der Waals surface area contributed by atoms with E-state index in [9.17, 15) is 4.39 Å². The molecule has 0 aromatic heterocycles. The summed E-state index contributed by atoms with van der Waals surface area (Å²) in [6.45, 7) is 2.14. The number of aryl methyl sites for hydroxylation is 1. The van der Waals surface area contributed by atoms with Gasteiger partial charge in [0, 0.05) is 11.6 Å². The highest BCUT2D eigenvalue weighted by molar-refractivity contribution is 9.10. The van der Waals surface area contributed by atoms with E-state index in [0.29, 0.717) is 10.0 Å². The molecule has 0 aliphatic carbocycles. The van der Waals surface area contributed by atoms with Gasteiger partial charge in [-0.25, -0.2) is 4.39 Å². The van der Waals surface area contributed by atoms with Crippen molar-refractivity contribution >= 4 is 15.9 Å². The zero-order valence-electron chi connectivity index (χ0n) is 11.8. The fourth-order valence-corrected chi connectivity index (χ4v) is 2.69. The lowest BCUT2D eigenvalue weighted by atomic mass is 9.97. The normalized spacial score (nSPS) is 12.4. The van der Waals surface area contributed by atoms with Crippen LogP contribution < -0.4 is 5.32 Å². The van der Waals surface area contributed by atoms with E-state index in [1.54, 1.807) is 6.07 Å². The highest BCUT2D eigenvalue weighted by Gasteiger charge is 2.16. The van der Waals surface area contributed by atoms with Gasteiger partial charge >= 0.3 is 0 Å². The molecule has 2 aromatic rings. The molecule has 0 spiro atoms. The van der Waals surface area contributed by atoms with E-state index < -0.39 is 0 Å². The number of nitrogens with one attached hydrogen (secondary N) is 1. The fraction of sp³-hybridized carbons (Fsp3) is 0.294. The standard InChI is InChI=1S/C17H19BrFN/c1-3-12-7-9-13(10-8-12)11-16(20-2)14-5-4-6-15(18)17(14)19/h4-10,16,20H,3,11H2,1-2H3. The van der Waals surface area contributed by atoms with Crippen LogP contribution in [-0.2, 0) is 12.8 Å². The molecular weight excluding hydrogens is 317 g/mol. The number of hydrogen-bond donors (Lipinski definition) is 1. The summed E-state index contributed by atoms with van der Waals surface area (Å²) in [6.07, 6.45) is 1.81. The van der Waals surface area contributed by atoms with Gasteiger partial charge in [0.25, 0.3) is 0 Å². The number of benzene rings is 2. The SMILES string of the molecule is CCc1ccc(CC(NC)c2cccc(Br)c2F)cc1. The van der Waals surface area contributed by atoms with Gasteiger partial charge in [-0.3, -0.25) is 0 Å². The smallest absolute Gasteiger partial charge is 0.142 e. The van der Waals surface area contributed by atoms with Crippen LogP contribution in [0.3, 0.4) is 0 Å². The Kier molecular flexibility index (Phi) is 5.32. The van der Waals surface area contributed by atoms with Crippen LogP contribution >= 0.6 is 15.9 Å². The second kappa shape index (κ2) is 7.00. The van der Waals surface area contributed by atoms with Crippen molar-refractivity contribution in [2.75, 3.05) is 7.05 Å². The predicted octanol–water partition coefficient (Wildman–Crippen LogP) is 4.65. The van der Waals surface area contributed by atoms with Crippen LogP contribution in [0.25, 0.3) is 0 Å². The van der Waals surface area contributed by atoms with E-state index in [1.807, 2.05) is 19.2 Å². The van der Waals surface area contributed by atoms with E-state index in [2.05, 4.69) is 52.4 Å². The predicted molar refractivity (Wildman–Crippen MR) is 85.4 cm³/mol. The zero-order chi connectivity index (χ0) is 14.5. The third-order valence-electron chi connectivity index (χ3n) is 3.58. The van der Waals surface area contributed by atoms with E-state index >= 15 is 0 Å². The molecule has 1 N–H and O–H groups in total. The maximum Gasteiger partial charge on any atom is 0.142 e. The molecule has 0 saturated carbocycles. The van der Waals surface area contributed by atoms with Crippen LogP contribution in [0.2, 0.25) is 0 Å².